The molecule has 0 aromatic carbocycles. The summed E-state index contributed by atoms with van der Waals surface area (Å²) in [6.45, 7) is 4.11. The van der Waals surface area contributed by atoms with Crippen LogP contribution in [0.25, 0.3) is 0 Å². The SMILES string of the molecule is Cc1cc(C)c(C2=NNC(S)N2C)[nH]1. The Hall–Kier alpha value is -1.10. The fourth-order valence-electron chi connectivity index (χ4n) is 1.59. The molecule has 1 aromatic rings. The van der Waals surface area contributed by atoms with Gasteiger partial charge in [-0.3, -0.25) is 5.43 Å². The minimum Gasteiger partial charge on any atom is -0.356 e. The molecular weight excluding hydrogens is 196 g/mol. The molecule has 1 aliphatic rings. The number of hydrazone groups is 1. The lowest BCUT2D eigenvalue weighted by Crippen LogP contribution is -2.33. The number of nitrogens with zero attached hydrogens (tertiary/aromatic N) is 2. The summed E-state index contributed by atoms with van der Waals surface area (Å²) < 4.78 is 0. The van der Waals surface area contributed by atoms with Crippen LogP contribution in [0.4, 0.5) is 0 Å². The fourth-order valence-corrected chi connectivity index (χ4v) is 1.76. The molecule has 1 unspecified atom stereocenters. The minimum atomic E-state index is -0.0343. The second-order valence-electron chi connectivity index (χ2n) is 3.56. The van der Waals surface area contributed by atoms with E-state index in [1.807, 2.05) is 18.9 Å². The molecule has 2 heterocycles. The third-order valence-electron chi connectivity index (χ3n) is 2.36. The van der Waals surface area contributed by atoms with Crippen LogP contribution in [0, 0.1) is 13.8 Å². The second kappa shape index (κ2) is 3.24. The van der Waals surface area contributed by atoms with E-state index in [0.717, 1.165) is 17.2 Å². The highest BCUT2D eigenvalue weighted by molar-refractivity contribution is 7.80. The summed E-state index contributed by atoms with van der Waals surface area (Å²) in [5.74, 6) is 0.913. The zero-order valence-corrected chi connectivity index (χ0v) is 9.39. The summed E-state index contributed by atoms with van der Waals surface area (Å²) in [6.07, 6.45) is 0. The molecule has 1 aliphatic heterocycles. The molecule has 2 rings (SSSR count). The first-order valence-corrected chi connectivity index (χ1v) is 5.02. The number of aromatic amines is 1. The lowest BCUT2D eigenvalue weighted by atomic mass is 10.2. The van der Waals surface area contributed by atoms with Crippen molar-refractivity contribution in [2.45, 2.75) is 19.3 Å². The standard InChI is InChI=1S/C9H14N4S/c1-5-4-6(2)10-7(5)8-11-12-9(14)13(8)3/h4,9-10,12,14H,1-3H3. The zero-order chi connectivity index (χ0) is 10.3. The van der Waals surface area contributed by atoms with E-state index in [0.29, 0.717) is 0 Å². The zero-order valence-electron chi connectivity index (χ0n) is 8.50. The number of thiol groups is 1. The maximum atomic E-state index is 4.32. The van der Waals surface area contributed by atoms with Crippen molar-refractivity contribution in [3.8, 4) is 0 Å². The molecule has 1 aromatic heterocycles. The highest BCUT2D eigenvalue weighted by atomic mass is 32.1. The van der Waals surface area contributed by atoms with Crippen molar-refractivity contribution in [1.29, 1.82) is 0 Å². The number of aromatic nitrogens is 1. The third kappa shape index (κ3) is 1.37. The molecule has 76 valence electrons. The maximum absolute atomic E-state index is 4.32. The second-order valence-corrected chi connectivity index (χ2v) is 4.05. The Morgan fingerprint density at radius 1 is 1.50 bits per heavy atom. The van der Waals surface area contributed by atoms with Crippen molar-refractivity contribution >= 4 is 18.5 Å². The van der Waals surface area contributed by atoms with Gasteiger partial charge in [0.15, 0.2) is 11.3 Å². The van der Waals surface area contributed by atoms with Crippen LogP contribution in [0.1, 0.15) is 17.0 Å². The van der Waals surface area contributed by atoms with E-state index in [2.05, 4.69) is 41.1 Å². The molecule has 0 saturated heterocycles. The van der Waals surface area contributed by atoms with Crippen molar-refractivity contribution < 1.29 is 0 Å². The molecule has 5 heteroatoms. The molecule has 0 radical (unpaired) electrons. The Kier molecular flexibility index (Phi) is 2.19. The highest BCUT2D eigenvalue weighted by Gasteiger charge is 2.24. The minimum absolute atomic E-state index is 0.0343. The molecular formula is C9H14N4S. The number of nitrogens with one attached hydrogen (secondary N) is 2. The van der Waals surface area contributed by atoms with Crippen molar-refractivity contribution in [3.63, 3.8) is 0 Å². The number of H-pyrrole nitrogens is 1. The number of aryl methyl sites for hydroxylation is 2. The molecule has 0 spiro atoms. The normalized spacial score (nSPS) is 21.0. The van der Waals surface area contributed by atoms with Crippen LogP contribution in [0.3, 0.4) is 0 Å². The van der Waals surface area contributed by atoms with Gasteiger partial charge in [0.05, 0.1) is 5.69 Å². The molecule has 0 amide bonds. The molecule has 0 fully saturated rings. The number of amidine groups is 1. The van der Waals surface area contributed by atoms with Crippen LogP contribution in [0.15, 0.2) is 11.2 Å². The van der Waals surface area contributed by atoms with Gasteiger partial charge in [-0.05, 0) is 25.5 Å². The van der Waals surface area contributed by atoms with E-state index in [-0.39, 0.29) is 5.50 Å². The Morgan fingerprint density at radius 2 is 2.21 bits per heavy atom. The predicted molar refractivity (Wildman–Crippen MR) is 60.5 cm³/mol. The van der Waals surface area contributed by atoms with Crippen LogP contribution < -0.4 is 5.43 Å². The average molecular weight is 210 g/mol. The van der Waals surface area contributed by atoms with Crippen LogP contribution >= 0.6 is 12.6 Å². The predicted octanol–water partition coefficient (Wildman–Crippen LogP) is 1.04. The average Bonchev–Trinajstić information content (AvgIpc) is 2.59. The summed E-state index contributed by atoms with van der Waals surface area (Å²) in [6, 6.07) is 2.11. The topological polar surface area (TPSA) is 43.4 Å². The van der Waals surface area contributed by atoms with Gasteiger partial charge in [0.25, 0.3) is 0 Å². The van der Waals surface area contributed by atoms with E-state index < -0.39 is 0 Å². The van der Waals surface area contributed by atoms with Crippen LogP contribution in [0.2, 0.25) is 0 Å². The first-order valence-electron chi connectivity index (χ1n) is 4.50. The Bertz CT molecular complexity index is 382. The first kappa shape index (κ1) is 9.45. The molecule has 14 heavy (non-hydrogen) atoms. The maximum Gasteiger partial charge on any atom is 0.174 e. The van der Waals surface area contributed by atoms with E-state index in [9.17, 15) is 0 Å². The van der Waals surface area contributed by atoms with Gasteiger partial charge in [-0.2, -0.15) is 5.10 Å². The fraction of sp³-hybridized carbons (Fsp3) is 0.444. The van der Waals surface area contributed by atoms with Gasteiger partial charge >= 0.3 is 0 Å². The largest absolute Gasteiger partial charge is 0.356 e. The summed E-state index contributed by atoms with van der Waals surface area (Å²) >= 11 is 4.32. The van der Waals surface area contributed by atoms with Gasteiger partial charge < -0.3 is 9.88 Å². The smallest absolute Gasteiger partial charge is 0.174 e. The number of hydrogen-bond donors (Lipinski definition) is 3. The van der Waals surface area contributed by atoms with Crippen molar-refractivity contribution in [2.75, 3.05) is 7.05 Å². The lowest BCUT2D eigenvalue weighted by Gasteiger charge is -2.17. The number of rotatable bonds is 1. The van der Waals surface area contributed by atoms with Gasteiger partial charge in [-0.1, -0.05) is 0 Å². The van der Waals surface area contributed by atoms with Crippen LogP contribution in [0.5, 0.6) is 0 Å². The molecule has 4 nitrogen and oxygen atoms in total. The summed E-state index contributed by atoms with van der Waals surface area (Å²) in [7, 11) is 1.96. The first-order chi connectivity index (χ1) is 6.59. The molecule has 1 atom stereocenters. The van der Waals surface area contributed by atoms with Crippen molar-refractivity contribution in [2.24, 2.45) is 5.10 Å². The molecule has 2 N–H and O–H groups in total. The van der Waals surface area contributed by atoms with Crippen molar-refractivity contribution in [1.82, 2.24) is 15.3 Å². The monoisotopic (exact) mass is 210 g/mol. The third-order valence-corrected chi connectivity index (χ3v) is 2.82. The van der Waals surface area contributed by atoms with Gasteiger partial charge in [0.1, 0.15) is 0 Å². The highest BCUT2D eigenvalue weighted by Crippen LogP contribution is 2.16. The van der Waals surface area contributed by atoms with E-state index >= 15 is 0 Å². The van der Waals surface area contributed by atoms with Crippen LogP contribution in [-0.2, 0) is 0 Å². The number of hydrogen-bond acceptors (Lipinski definition) is 4. The van der Waals surface area contributed by atoms with E-state index in [1.165, 1.54) is 5.56 Å². The Labute approximate surface area is 88.8 Å². The lowest BCUT2D eigenvalue weighted by molar-refractivity contribution is 0.467. The van der Waals surface area contributed by atoms with Gasteiger partial charge in [-0.15, -0.1) is 12.6 Å². The quantitative estimate of drug-likeness (QED) is 0.606. The summed E-state index contributed by atoms with van der Waals surface area (Å²) in [4.78, 5) is 5.28. The van der Waals surface area contributed by atoms with Crippen LogP contribution in [-0.4, -0.2) is 28.3 Å². The van der Waals surface area contributed by atoms with E-state index in [4.69, 9.17) is 0 Å². The Morgan fingerprint density at radius 3 is 2.64 bits per heavy atom. The summed E-state index contributed by atoms with van der Waals surface area (Å²) in [5.41, 5.74) is 6.30. The molecule has 0 bridgehead atoms. The molecule has 0 aliphatic carbocycles. The van der Waals surface area contributed by atoms with E-state index in [1.54, 1.807) is 0 Å². The summed E-state index contributed by atoms with van der Waals surface area (Å²) in [5, 5.41) is 4.23. The van der Waals surface area contributed by atoms with Gasteiger partial charge in [0.2, 0.25) is 0 Å². The molecule has 0 saturated carbocycles. The van der Waals surface area contributed by atoms with Gasteiger partial charge in [0, 0.05) is 12.7 Å². The Balaban J connectivity index is 2.37. The van der Waals surface area contributed by atoms with Crippen molar-refractivity contribution in [3.05, 3.63) is 23.0 Å². The van der Waals surface area contributed by atoms with Gasteiger partial charge in [-0.25, -0.2) is 0 Å².